The molecule has 0 spiro atoms. The Hall–Kier alpha value is -1.39. The maximum atomic E-state index is 12.7. The highest BCUT2D eigenvalue weighted by Crippen LogP contribution is 2.35. The molecule has 2 aromatic rings. The fourth-order valence-electron chi connectivity index (χ4n) is 3.59. The number of esters is 1. The predicted molar refractivity (Wildman–Crippen MR) is 100 cm³/mol. The summed E-state index contributed by atoms with van der Waals surface area (Å²) in [4.78, 5) is 21.0. The first-order chi connectivity index (χ1) is 11.8. The highest BCUT2D eigenvalue weighted by atomic mass is 35.5. The normalized spacial score (nSPS) is 23.8. The van der Waals surface area contributed by atoms with E-state index < -0.39 is 0 Å². The van der Waals surface area contributed by atoms with Crippen molar-refractivity contribution in [2.75, 3.05) is 0 Å². The van der Waals surface area contributed by atoms with Crippen LogP contribution in [-0.4, -0.2) is 22.0 Å². The zero-order chi connectivity index (χ0) is 18.1. The van der Waals surface area contributed by atoms with Gasteiger partial charge in [-0.05, 0) is 48.8 Å². The molecule has 0 saturated heterocycles. The highest BCUT2D eigenvalue weighted by Gasteiger charge is 2.33. The summed E-state index contributed by atoms with van der Waals surface area (Å²) in [6.07, 6.45) is 3.19. The van der Waals surface area contributed by atoms with Gasteiger partial charge in [-0.1, -0.05) is 50.4 Å². The summed E-state index contributed by atoms with van der Waals surface area (Å²) < 4.78 is 5.88. The average Bonchev–Trinajstić information content (AvgIpc) is 2.55. The SMILES string of the molecule is CC(C)[C@@H]1CC[C@@H](C)C[C@H]1OC(=O)c1ccc2nc(Cl)c(Cl)nc2c1. The molecule has 3 rings (SSSR count). The Morgan fingerprint density at radius 2 is 1.84 bits per heavy atom. The van der Waals surface area contributed by atoms with Crippen LogP contribution < -0.4 is 0 Å². The Labute approximate surface area is 157 Å². The van der Waals surface area contributed by atoms with Crippen LogP contribution in [-0.2, 0) is 4.74 Å². The number of aromatic nitrogens is 2. The third-order valence-electron chi connectivity index (χ3n) is 5.04. The van der Waals surface area contributed by atoms with E-state index in [-0.39, 0.29) is 22.4 Å². The van der Waals surface area contributed by atoms with E-state index in [1.807, 2.05) is 0 Å². The van der Waals surface area contributed by atoms with E-state index in [0.717, 1.165) is 12.8 Å². The predicted octanol–water partition coefficient (Wildman–Crippen LogP) is 5.55. The number of hydrogen-bond donors (Lipinski definition) is 0. The standard InChI is InChI=1S/C19H22Cl2N2O2/c1-10(2)13-6-4-11(3)8-16(13)25-19(24)12-5-7-14-15(9-12)23-18(21)17(20)22-14/h5,7,9-11,13,16H,4,6,8H2,1-3H3/t11-,13+,16-/m1/s1. The van der Waals surface area contributed by atoms with Crippen molar-refractivity contribution in [3.63, 3.8) is 0 Å². The van der Waals surface area contributed by atoms with E-state index in [1.165, 1.54) is 6.42 Å². The molecule has 1 aliphatic carbocycles. The Morgan fingerprint density at radius 1 is 1.16 bits per heavy atom. The van der Waals surface area contributed by atoms with Crippen molar-refractivity contribution in [3.8, 4) is 0 Å². The number of benzene rings is 1. The number of carbonyl (C=O) groups excluding carboxylic acids is 1. The first-order valence-electron chi connectivity index (χ1n) is 8.69. The molecule has 0 aliphatic heterocycles. The van der Waals surface area contributed by atoms with Gasteiger partial charge in [0.05, 0.1) is 16.6 Å². The monoisotopic (exact) mass is 380 g/mol. The van der Waals surface area contributed by atoms with Crippen LogP contribution in [0.25, 0.3) is 11.0 Å². The molecule has 1 aromatic heterocycles. The molecule has 1 aliphatic rings. The Morgan fingerprint density at radius 3 is 2.52 bits per heavy atom. The second kappa shape index (κ2) is 7.46. The fourth-order valence-corrected chi connectivity index (χ4v) is 3.86. The summed E-state index contributed by atoms with van der Waals surface area (Å²) in [7, 11) is 0. The van der Waals surface area contributed by atoms with Crippen LogP contribution in [0.15, 0.2) is 18.2 Å². The minimum atomic E-state index is -0.320. The van der Waals surface area contributed by atoms with Gasteiger partial charge in [0.1, 0.15) is 6.10 Å². The van der Waals surface area contributed by atoms with Gasteiger partial charge in [0.25, 0.3) is 0 Å². The van der Waals surface area contributed by atoms with Crippen LogP contribution in [0.3, 0.4) is 0 Å². The van der Waals surface area contributed by atoms with Crippen molar-refractivity contribution in [2.24, 2.45) is 17.8 Å². The van der Waals surface area contributed by atoms with Crippen molar-refractivity contribution < 1.29 is 9.53 Å². The number of nitrogens with zero attached hydrogens (tertiary/aromatic N) is 2. The first kappa shape index (κ1) is 18.4. The number of hydrogen-bond acceptors (Lipinski definition) is 4. The summed E-state index contributed by atoms with van der Waals surface area (Å²) in [5.41, 5.74) is 1.58. The summed E-state index contributed by atoms with van der Waals surface area (Å²) in [6.45, 7) is 6.60. The van der Waals surface area contributed by atoms with E-state index in [1.54, 1.807) is 18.2 Å². The lowest BCUT2D eigenvalue weighted by atomic mass is 9.75. The lowest BCUT2D eigenvalue weighted by molar-refractivity contribution is -0.0173. The second-order valence-electron chi connectivity index (χ2n) is 7.28. The minimum Gasteiger partial charge on any atom is -0.458 e. The second-order valence-corrected chi connectivity index (χ2v) is 7.99. The minimum absolute atomic E-state index is 0.0353. The number of ether oxygens (including phenoxy) is 1. The van der Waals surface area contributed by atoms with Gasteiger partial charge in [0.2, 0.25) is 0 Å². The van der Waals surface area contributed by atoms with Crippen LogP contribution >= 0.6 is 23.2 Å². The van der Waals surface area contributed by atoms with Crippen molar-refractivity contribution in [1.29, 1.82) is 0 Å². The molecule has 0 bridgehead atoms. The van der Waals surface area contributed by atoms with Gasteiger partial charge in [-0.15, -0.1) is 0 Å². The molecule has 6 heteroatoms. The maximum Gasteiger partial charge on any atom is 0.338 e. The van der Waals surface area contributed by atoms with E-state index in [2.05, 4.69) is 30.7 Å². The quantitative estimate of drug-likeness (QED) is 0.654. The number of rotatable bonds is 3. The van der Waals surface area contributed by atoms with Crippen LogP contribution in [0.4, 0.5) is 0 Å². The molecule has 0 radical (unpaired) electrons. The van der Waals surface area contributed by atoms with Crippen LogP contribution in [0.1, 0.15) is 50.4 Å². The van der Waals surface area contributed by atoms with Gasteiger partial charge in [-0.3, -0.25) is 0 Å². The fraction of sp³-hybridized carbons (Fsp3) is 0.526. The van der Waals surface area contributed by atoms with Gasteiger partial charge < -0.3 is 4.74 Å². The molecule has 3 atom stereocenters. The molecule has 0 N–H and O–H groups in total. The van der Waals surface area contributed by atoms with Crippen LogP contribution in [0, 0.1) is 17.8 Å². The zero-order valence-electron chi connectivity index (χ0n) is 14.6. The van der Waals surface area contributed by atoms with Gasteiger partial charge in [0, 0.05) is 0 Å². The van der Waals surface area contributed by atoms with Gasteiger partial charge in [0.15, 0.2) is 10.3 Å². The molecule has 1 saturated carbocycles. The molecule has 1 fully saturated rings. The number of fused-ring (bicyclic) bond motifs is 1. The molecule has 0 unspecified atom stereocenters. The molecule has 4 nitrogen and oxygen atoms in total. The number of halogens is 2. The van der Waals surface area contributed by atoms with E-state index in [0.29, 0.717) is 34.4 Å². The van der Waals surface area contributed by atoms with Gasteiger partial charge in [-0.2, -0.15) is 0 Å². The average molecular weight is 381 g/mol. The van der Waals surface area contributed by atoms with E-state index in [4.69, 9.17) is 27.9 Å². The third kappa shape index (κ3) is 4.06. The van der Waals surface area contributed by atoms with Crippen molar-refractivity contribution in [1.82, 2.24) is 9.97 Å². The van der Waals surface area contributed by atoms with Crippen molar-refractivity contribution in [3.05, 3.63) is 34.1 Å². The molecule has 1 aromatic carbocycles. The Kier molecular flexibility index (Phi) is 5.49. The summed E-state index contributed by atoms with van der Waals surface area (Å²) in [6, 6.07) is 5.06. The lowest BCUT2D eigenvalue weighted by Crippen LogP contribution is -2.35. The molecular formula is C19H22Cl2N2O2. The molecule has 1 heterocycles. The number of carbonyl (C=O) groups is 1. The van der Waals surface area contributed by atoms with Crippen LogP contribution in [0.2, 0.25) is 10.3 Å². The van der Waals surface area contributed by atoms with Gasteiger partial charge >= 0.3 is 5.97 Å². The van der Waals surface area contributed by atoms with Crippen molar-refractivity contribution >= 4 is 40.2 Å². The first-order valence-corrected chi connectivity index (χ1v) is 9.44. The Balaban J connectivity index is 1.82. The molecule has 25 heavy (non-hydrogen) atoms. The Bertz CT molecular complexity index is 794. The van der Waals surface area contributed by atoms with Crippen LogP contribution in [0.5, 0.6) is 0 Å². The zero-order valence-corrected chi connectivity index (χ0v) is 16.1. The van der Waals surface area contributed by atoms with Gasteiger partial charge in [-0.25, -0.2) is 14.8 Å². The third-order valence-corrected chi connectivity index (χ3v) is 5.66. The molecular weight excluding hydrogens is 359 g/mol. The topological polar surface area (TPSA) is 52.1 Å². The molecule has 134 valence electrons. The molecule has 0 amide bonds. The van der Waals surface area contributed by atoms with Crippen molar-refractivity contribution in [2.45, 2.75) is 46.1 Å². The van der Waals surface area contributed by atoms with E-state index in [9.17, 15) is 4.79 Å². The lowest BCUT2D eigenvalue weighted by Gasteiger charge is -2.36. The largest absolute Gasteiger partial charge is 0.458 e. The highest BCUT2D eigenvalue weighted by molar-refractivity contribution is 6.40. The summed E-state index contributed by atoms with van der Waals surface area (Å²) >= 11 is 11.8. The van der Waals surface area contributed by atoms with E-state index >= 15 is 0 Å². The smallest absolute Gasteiger partial charge is 0.338 e. The summed E-state index contributed by atoms with van der Waals surface area (Å²) in [5, 5.41) is 0.279. The summed E-state index contributed by atoms with van der Waals surface area (Å²) in [5.74, 6) is 1.16. The maximum absolute atomic E-state index is 12.7.